The van der Waals surface area contributed by atoms with Gasteiger partial charge in [0.15, 0.2) is 0 Å². The van der Waals surface area contributed by atoms with Crippen LogP contribution >= 0.6 is 0 Å². The van der Waals surface area contributed by atoms with Gasteiger partial charge in [0.05, 0.1) is 24.4 Å². The first-order valence-electron chi connectivity index (χ1n) is 12.4. The van der Waals surface area contributed by atoms with Gasteiger partial charge in [-0.2, -0.15) is 0 Å². The molecule has 0 aliphatic carbocycles. The Morgan fingerprint density at radius 3 is 2.08 bits per heavy atom. The van der Waals surface area contributed by atoms with E-state index in [1.165, 1.54) is 31.4 Å². The van der Waals surface area contributed by atoms with Crippen LogP contribution in [0.25, 0.3) is 0 Å². The lowest BCUT2D eigenvalue weighted by molar-refractivity contribution is -0.274. The number of carbonyl (C=O) groups is 2. The van der Waals surface area contributed by atoms with Crippen LogP contribution in [-0.4, -0.2) is 50.3 Å². The van der Waals surface area contributed by atoms with Crippen LogP contribution in [-0.2, 0) is 9.53 Å². The number of methoxy groups -OCH3 is 1. The Hall–Kier alpha value is -3.54. The largest absolute Gasteiger partial charge is 0.573 e. The molecule has 0 aliphatic rings. The number of hydrogen-bond acceptors (Lipinski definition) is 5. The molecule has 1 atom stereocenters. The van der Waals surface area contributed by atoms with Crippen LogP contribution in [0.4, 0.5) is 39.4 Å². The summed E-state index contributed by atoms with van der Waals surface area (Å²) in [5, 5.41) is 14.5. The van der Waals surface area contributed by atoms with Gasteiger partial charge in [0.25, 0.3) is 0 Å². The summed E-state index contributed by atoms with van der Waals surface area (Å²) in [5.41, 5.74) is 0.770. The van der Waals surface area contributed by atoms with E-state index < -0.39 is 35.8 Å². The molecular weight excluding hydrogens is 522 g/mol. The predicted molar refractivity (Wildman–Crippen MR) is 141 cm³/mol. The van der Waals surface area contributed by atoms with Crippen molar-refractivity contribution in [2.45, 2.75) is 46.4 Å². The Bertz CT molecular complexity index is 1100. The third kappa shape index (κ3) is 10.6. The molecule has 2 aromatic carbocycles. The van der Waals surface area contributed by atoms with Gasteiger partial charge in [0.2, 0.25) is 0 Å². The highest BCUT2D eigenvalue weighted by molar-refractivity contribution is 6.02. The number of anilines is 3. The number of aliphatic carboxylic acids is 1. The molecule has 0 fully saturated rings. The first-order valence-corrected chi connectivity index (χ1v) is 12.4. The molecule has 0 spiro atoms. The molecule has 0 aromatic heterocycles. The van der Waals surface area contributed by atoms with E-state index in [-0.39, 0.29) is 41.9 Å². The minimum absolute atomic E-state index is 0.0186. The lowest BCUT2D eigenvalue weighted by Crippen LogP contribution is -2.33. The van der Waals surface area contributed by atoms with Gasteiger partial charge < -0.3 is 30.1 Å². The molecular formula is C27H35F4N3O5. The van der Waals surface area contributed by atoms with Gasteiger partial charge in [-0.05, 0) is 53.8 Å². The van der Waals surface area contributed by atoms with Gasteiger partial charge in [-0.1, -0.05) is 27.7 Å². The van der Waals surface area contributed by atoms with Crippen LogP contribution in [0.2, 0.25) is 0 Å². The van der Waals surface area contributed by atoms with Gasteiger partial charge in [-0.25, -0.2) is 9.18 Å². The molecule has 0 heterocycles. The van der Waals surface area contributed by atoms with Crippen molar-refractivity contribution in [1.29, 1.82) is 0 Å². The maximum Gasteiger partial charge on any atom is 0.573 e. The zero-order chi connectivity index (χ0) is 29.3. The SMILES string of the molecule is COCC(CC(=O)O)c1cc(F)c(N(CC(C)C)CC(C)C)c(NC(=O)Nc2ccc(OC(F)(F)F)cc2)c1. The number of carbonyl (C=O) groups excluding carboxylic acids is 1. The average Bonchev–Trinajstić information content (AvgIpc) is 2.77. The molecule has 0 radical (unpaired) electrons. The van der Waals surface area contributed by atoms with Gasteiger partial charge in [-0.3, -0.25) is 4.79 Å². The fraction of sp³-hybridized carbons (Fsp3) is 0.481. The minimum Gasteiger partial charge on any atom is -0.481 e. The molecule has 0 saturated heterocycles. The summed E-state index contributed by atoms with van der Waals surface area (Å²) in [6, 6.07) is 6.56. The number of halogens is 4. The number of benzene rings is 2. The third-order valence-corrected chi connectivity index (χ3v) is 5.43. The Morgan fingerprint density at radius 1 is 1.00 bits per heavy atom. The molecule has 0 bridgehead atoms. The lowest BCUT2D eigenvalue weighted by Gasteiger charge is -2.31. The molecule has 1 unspecified atom stereocenters. The molecule has 8 nitrogen and oxygen atoms in total. The zero-order valence-electron chi connectivity index (χ0n) is 22.6. The van der Waals surface area contributed by atoms with Crippen molar-refractivity contribution >= 4 is 29.1 Å². The molecule has 0 aliphatic heterocycles. The number of hydrogen-bond donors (Lipinski definition) is 3. The average molecular weight is 558 g/mol. The number of rotatable bonds is 13. The number of nitrogens with zero attached hydrogens (tertiary/aromatic N) is 1. The van der Waals surface area contributed by atoms with Gasteiger partial charge in [-0.15, -0.1) is 13.2 Å². The first kappa shape index (κ1) is 31.7. The van der Waals surface area contributed by atoms with Crippen molar-refractivity contribution in [1.82, 2.24) is 0 Å². The highest BCUT2D eigenvalue weighted by atomic mass is 19.4. The van der Waals surface area contributed by atoms with Crippen molar-refractivity contribution in [3.63, 3.8) is 0 Å². The Kier molecular flexibility index (Phi) is 11.4. The van der Waals surface area contributed by atoms with E-state index >= 15 is 4.39 Å². The minimum atomic E-state index is -4.85. The zero-order valence-corrected chi connectivity index (χ0v) is 22.6. The second-order valence-corrected chi connectivity index (χ2v) is 9.99. The molecule has 3 N–H and O–H groups in total. The van der Waals surface area contributed by atoms with Crippen molar-refractivity contribution in [3.8, 4) is 5.75 Å². The molecule has 12 heteroatoms. The summed E-state index contributed by atoms with van der Waals surface area (Å²) < 4.78 is 62.0. The molecule has 2 aromatic rings. The summed E-state index contributed by atoms with van der Waals surface area (Å²) >= 11 is 0. The van der Waals surface area contributed by atoms with Crippen LogP contribution < -0.4 is 20.3 Å². The van der Waals surface area contributed by atoms with Crippen molar-refractivity contribution in [2.24, 2.45) is 11.8 Å². The molecule has 2 rings (SSSR count). The van der Waals surface area contributed by atoms with E-state index in [0.717, 1.165) is 12.1 Å². The Morgan fingerprint density at radius 2 is 1.59 bits per heavy atom. The smallest absolute Gasteiger partial charge is 0.481 e. The summed E-state index contributed by atoms with van der Waals surface area (Å²) in [6.45, 7) is 8.91. The summed E-state index contributed by atoms with van der Waals surface area (Å²) in [6.07, 6.45) is -5.16. The van der Waals surface area contributed by atoms with E-state index in [4.69, 9.17) is 4.74 Å². The molecule has 216 valence electrons. The van der Waals surface area contributed by atoms with Crippen LogP contribution in [0.15, 0.2) is 36.4 Å². The second kappa shape index (κ2) is 14.0. The fourth-order valence-electron chi connectivity index (χ4n) is 4.12. The maximum absolute atomic E-state index is 15.7. The monoisotopic (exact) mass is 557 g/mol. The van der Waals surface area contributed by atoms with Crippen molar-refractivity contribution in [2.75, 3.05) is 42.3 Å². The molecule has 0 saturated carbocycles. The fourth-order valence-corrected chi connectivity index (χ4v) is 4.12. The van der Waals surface area contributed by atoms with Crippen LogP contribution in [0.5, 0.6) is 5.75 Å². The highest BCUT2D eigenvalue weighted by Crippen LogP contribution is 2.36. The van der Waals surface area contributed by atoms with Gasteiger partial charge >= 0.3 is 18.4 Å². The topological polar surface area (TPSA) is 100 Å². The van der Waals surface area contributed by atoms with E-state index in [2.05, 4.69) is 15.4 Å². The predicted octanol–water partition coefficient (Wildman–Crippen LogP) is 6.69. The van der Waals surface area contributed by atoms with Crippen molar-refractivity contribution in [3.05, 3.63) is 47.8 Å². The van der Waals surface area contributed by atoms with Gasteiger partial charge in [0, 0.05) is 31.8 Å². The summed E-state index contributed by atoms with van der Waals surface area (Å²) in [7, 11) is 1.41. The number of urea groups is 1. The first-order chi connectivity index (χ1) is 18.2. The Labute approximate surface area is 225 Å². The normalized spacial score (nSPS) is 12.4. The number of ether oxygens (including phenoxy) is 2. The van der Waals surface area contributed by atoms with Gasteiger partial charge in [0.1, 0.15) is 11.6 Å². The van der Waals surface area contributed by atoms with E-state index in [0.29, 0.717) is 18.7 Å². The number of carboxylic acid groups (broad SMARTS) is 1. The van der Waals surface area contributed by atoms with Crippen molar-refractivity contribution < 1.29 is 41.7 Å². The quantitative estimate of drug-likeness (QED) is 0.237. The number of amides is 2. The Balaban J connectivity index is 2.45. The standard InChI is InChI=1S/C27H35F4N3O5/c1-16(2)13-34(14-17(3)4)25-22(28)10-18(19(15-38-5)12-24(35)36)11-23(25)33-26(37)32-20-6-8-21(9-7-20)39-27(29,30)31/h6-11,16-17,19H,12-15H2,1-5H3,(H,35,36)(H2,32,33,37). The molecule has 2 amide bonds. The summed E-state index contributed by atoms with van der Waals surface area (Å²) in [4.78, 5) is 26.2. The lowest BCUT2D eigenvalue weighted by atomic mass is 9.94. The number of carboxylic acids is 1. The van der Waals surface area contributed by atoms with Crippen LogP contribution in [0.3, 0.4) is 0 Å². The van der Waals surface area contributed by atoms with E-state index in [9.17, 15) is 27.9 Å². The highest BCUT2D eigenvalue weighted by Gasteiger charge is 2.31. The van der Waals surface area contributed by atoms with E-state index in [1.54, 1.807) is 0 Å². The summed E-state index contributed by atoms with van der Waals surface area (Å²) in [5.74, 6) is -2.53. The van der Waals surface area contributed by atoms with Crippen LogP contribution in [0, 0.1) is 17.7 Å². The van der Waals surface area contributed by atoms with Crippen LogP contribution in [0.1, 0.15) is 45.6 Å². The van der Waals surface area contributed by atoms with E-state index in [1.807, 2.05) is 32.6 Å². The number of nitrogens with one attached hydrogen (secondary N) is 2. The third-order valence-electron chi connectivity index (χ3n) is 5.43. The number of alkyl halides is 3. The second-order valence-electron chi connectivity index (χ2n) is 9.99. The molecule has 39 heavy (non-hydrogen) atoms. The maximum atomic E-state index is 15.7.